The van der Waals surface area contributed by atoms with Gasteiger partial charge in [-0.05, 0) is 50.3 Å². The molecule has 0 bridgehead atoms. The number of fused-ring (bicyclic) bond motifs is 1. The summed E-state index contributed by atoms with van der Waals surface area (Å²) in [5, 5.41) is 12.7. The fourth-order valence-corrected chi connectivity index (χ4v) is 6.52. The third-order valence-corrected chi connectivity index (χ3v) is 8.36. The van der Waals surface area contributed by atoms with Gasteiger partial charge in [-0.2, -0.15) is 0 Å². The third kappa shape index (κ3) is 6.06. The first kappa shape index (κ1) is 28.5. The standard InChI is InChI=1S/C27H32N4O6S2/c1-6-12-31-24(16-13-18(34-3)23(36-5)19(14-16)35-4)29-30-27(31)38-15-21(32)28-25-22(26(33)37-7-2)17-10-8-9-11-20(17)39-25/h6,13-14H,1,7-12,15H2,2-5H3,(H,28,32). The van der Waals surface area contributed by atoms with E-state index in [9.17, 15) is 9.59 Å². The molecule has 10 nitrogen and oxygen atoms in total. The number of thioether (sulfide) groups is 1. The maximum atomic E-state index is 13.0. The summed E-state index contributed by atoms with van der Waals surface area (Å²) in [5.74, 6) is 1.46. The fourth-order valence-electron chi connectivity index (χ4n) is 4.48. The van der Waals surface area contributed by atoms with Gasteiger partial charge < -0.3 is 24.3 Å². The predicted molar refractivity (Wildman–Crippen MR) is 152 cm³/mol. The Morgan fingerprint density at radius 1 is 1.13 bits per heavy atom. The minimum atomic E-state index is -0.388. The van der Waals surface area contributed by atoms with Crippen molar-refractivity contribution in [3.05, 3.63) is 40.8 Å². The van der Waals surface area contributed by atoms with Gasteiger partial charge in [-0.25, -0.2) is 4.79 Å². The molecule has 0 saturated heterocycles. The maximum Gasteiger partial charge on any atom is 0.341 e. The van der Waals surface area contributed by atoms with Gasteiger partial charge in [-0.15, -0.1) is 28.1 Å². The monoisotopic (exact) mass is 572 g/mol. The Bertz CT molecular complexity index is 1340. The number of nitrogens with zero attached hydrogens (tertiary/aromatic N) is 3. The van der Waals surface area contributed by atoms with Crippen molar-refractivity contribution in [3.8, 4) is 28.6 Å². The second-order valence-electron chi connectivity index (χ2n) is 8.59. The fraction of sp³-hybridized carbons (Fsp3) is 0.407. The Hall–Kier alpha value is -3.51. The van der Waals surface area contributed by atoms with Crippen LogP contribution in [0.2, 0.25) is 0 Å². The van der Waals surface area contributed by atoms with E-state index < -0.39 is 0 Å². The highest BCUT2D eigenvalue weighted by molar-refractivity contribution is 7.99. The number of aromatic nitrogens is 3. The van der Waals surface area contributed by atoms with E-state index >= 15 is 0 Å². The van der Waals surface area contributed by atoms with Gasteiger partial charge >= 0.3 is 5.97 Å². The van der Waals surface area contributed by atoms with Crippen LogP contribution in [0.4, 0.5) is 5.00 Å². The maximum absolute atomic E-state index is 13.0. The Balaban J connectivity index is 1.55. The number of hydrogen-bond acceptors (Lipinski definition) is 10. The lowest BCUT2D eigenvalue weighted by atomic mass is 9.95. The first-order valence-electron chi connectivity index (χ1n) is 12.5. The predicted octanol–water partition coefficient (Wildman–Crippen LogP) is 5.00. The number of thiophene rings is 1. The van der Waals surface area contributed by atoms with E-state index in [2.05, 4.69) is 22.1 Å². The molecule has 1 amide bonds. The summed E-state index contributed by atoms with van der Waals surface area (Å²) in [4.78, 5) is 26.9. The number of nitrogens with one attached hydrogen (secondary N) is 1. The van der Waals surface area contributed by atoms with Crippen LogP contribution in [0.1, 0.15) is 40.6 Å². The zero-order valence-corrected chi connectivity index (χ0v) is 24.1. The molecule has 0 fully saturated rings. The summed E-state index contributed by atoms with van der Waals surface area (Å²) in [6.07, 6.45) is 5.56. The van der Waals surface area contributed by atoms with E-state index in [1.807, 2.05) is 4.57 Å². The van der Waals surface area contributed by atoms with E-state index in [0.29, 0.717) is 50.9 Å². The third-order valence-electron chi connectivity index (χ3n) is 6.19. The number of rotatable bonds is 12. The van der Waals surface area contributed by atoms with Crippen molar-refractivity contribution in [2.75, 3.05) is 39.0 Å². The molecule has 0 aliphatic heterocycles. The summed E-state index contributed by atoms with van der Waals surface area (Å²) in [6, 6.07) is 3.59. The largest absolute Gasteiger partial charge is 0.493 e. The molecule has 12 heteroatoms. The Morgan fingerprint density at radius 3 is 2.49 bits per heavy atom. The number of anilines is 1. The number of ether oxygens (including phenoxy) is 4. The second kappa shape index (κ2) is 13.0. The number of allylic oxidation sites excluding steroid dienone is 1. The molecule has 1 aliphatic carbocycles. The Morgan fingerprint density at radius 2 is 1.85 bits per heavy atom. The number of amides is 1. The number of carbonyl (C=O) groups is 2. The summed E-state index contributed by atoms with van der Waals surface area (Å²) < 4.78 is 23.5. The molecule has 39 heavy (non-hydrogen) atoms. The number of esters is 1. The van der Waals surface area contributed by atoms with Gasteiger partial charge in [0.15, 0.2) is 22.5 Å². The number of hydrogen-bond donors (Lipinski definition) is 1. The van der Waals surface area contributed by atoms with E-state index in [0.717, 1.165) is 36.1 Å². The van der Waals surface area contributed by atoms with Gasteiger partial charge in [0.2, 0.25) is 11.7 Å². The van der Waals surface area contributed by atoms with Crippen molar-refractivity contribution >= 4 is 40.0 Å². The normalized spacial score (nSPS) is 12.4. The number of benzene rings is 1. The van der Waals surface area contributed by atoms with Gasteiger partial charge in [0.25, 0.3) is 0 Å². The highest BCUT2D eigenvalue weighted by Crippen LogP contribution is 2.42. The average molecular weight is 573 g/mol. The first-order chi connectivity index (χ1) is 18.9. The summed E-state index contributed by atoms with van der Waals surface area (Å²) in [6.45, 7) is 6.33. The van der Waals surface area contributed by atoms with Gasteiger partial charge in [0, 0.05) is 17.0 Å². The lowest BCUT2D eigenvalue weighted by Gasteiger charge is -2.14. The van der Waals surface area contributed by atoms with Crippen molar-refractivity contribution in [2.24, 2.45) is 0 Å². The molecular formula is C27H32N4O6S2. The number of carbonyl (C=O) groups excluding carboxylic acids is 2. The van der Waals surface area contributed by atoms with Crippen LogP contribution in [0, 0.1) is 0 Å². The molecule has 2 heterocycles. The molecule has 208 valence electrons. The van der Waals surface area contributed by atoms with Crippen LogP contribution in [0.15, 0.2) is 29.9 Å². The summed E-state index contributed by atoms with van der Waals surface area (Å²) >= 11 is 2.71. The van der Waals surface area contributed by atoms with E-state index in [-0.39, 0.29) is 24.2 Å². The molecular weight excluding hydrogens is 540 g/mol. The minimum absolute atomic E-state index is 0.0787. The van der Waals surface area contributed by atoms with Crippen LogP contribution >= 0.6 is 23.1 Å². The van der Waals surface area contributed by atoms with E-state index in [1.165, 1.54) is 23.1 Å². The SMILES string of the molecule is C=CCn1c(SCC(=O)Nc2sc3c(c2C(=O)OCC)CCCC3)nnc1-c1cc(OC)c(OC)c(OC)c1. The van der Waals surface area contributed by atoms with Crippen LogP contribution in [-0.2, 0) is 28.9 Å². The molecule has 1 aliphatic rings. The average Bonchev–Trinajstić information content (AvgIpc) is 3.52. The Labute approximate surface area is 235 Å². The molecule has 0 atom stereocenters. The van der Waals surface area contributed by atoms with Crippen LogP contribution in [0.25, 0.3) is 11.4 Å². The molecule has 1 aromatic carbocycles. The van der Waals surface area contributed by atoms with Gasteiger partial charge in [0.05, 0.1) is 39.3 Å². The molecule has 0 radical (unpaired) electrons. The first-order valence-corrected chi connectivity index (χ1v) is 14.3. The van der Waals surface area contributed by atoms with Gasteiger partial charge in [0.1, 0.15) is 5.00 Å². The van der Waals surface area contributed by atoms with Gasteiger partial charge in [-0.3, -0.25) is 9.36 Å². The molecule has 1 N–H and O–H groups in total. The van der Waals surface area contributed by atoms with E-state index in [1.54, 1.807) is 46.5 Å². The Kier molecular flexibility index (Phi) is 9.52. The molecule has 3 aromatic rings. The van der Waals surface area contributed by atoms with Crippen LogP contribution in [0.5, 0.6) is 17.2 Å². The lowest BCUT2D eigenvalue weighted by molar-refractivity contribution is -0.113. The summed E-state index contributed by atoms with van der Waals surface area (Å²) in [7, 11) is 4.64. The highest BCUT2D eigenvalue weighted by Gasteiger charge is 2.27. The van der Waals surface area contributed by atoms with Crippen molar-refractivity contribution in [1.82, 2.24) is 14.8 Å². The molecule has 0 unspecified atom stereocenters. The quantitative estimate of drug-likeness (QED) is 0.182. The molecule has 0 saturated carbocycles. The smallest absolute Gasteiger partial charge is 0.341 e. The molecule has 0 spiro atoms. The topological polar surface area (TPSA) is 114 Å². The van der Waals surface area contributed by atoms with Crippen molar-refractivity contribution in [3.63, 3.8) is 0 Å². The van der Waals surface area contributed by atoms with Crippen molar-refractivity contribution < 1.29 is 28.5 Å². The molecule has 4 rings (SSSR count). The van der Waals surface area contributed by atoms with Gasteiger partial charge in [-0.1, -0.05) is 17.8 Å². The number of methoxy groups -OCH3 is 3. The lowest BCUT2D eigenvalue weighted by Crippen LogP contribution is -2.17. The zero-order valence-electron chi connectivity index (χ0n) is 22.5. The molecule has 2 aromatic heterocycles. The van der Waals surface area contributed by atoms with Crippen LogP contribution in [-0.4, -0.2) is 60.3 Å². The number of aryl methyl sites for hydroxylation is 1. The second-order valence-corrected chi connectivity index (χ2v) is 10.6. The van der Waals surface area contributed by atoms with Crippen LogP contribution < -0.4 is 19.5 Å². The highest BCUT2D eigenvalue weighted by atomic mass is 32.2. The van der Waals surface area contributed by atoms with Crippen molar-refractivity contribution in [1.29, 1.82) is 0 Å². The summed E-state index contributed by atoms with van der Waals surface area (Å²) in [5.41, 5.74) is 2.21. The zero-order chi connectivity index (χ0) is 27.9. The van der Waals surface area contributed by atoms with Crippen molar-refractivity contribution in [2.45, 2.75) is 44.3 Å². The van der Waals surface area contributed by atoms with E-state index in [4.69, 9.17) is 18.9 Å². The minimum Gasteiger partial charge on any atom is -0.493 e. The van der Waals surface area contributed by atoms with Crippen LogP contribution in [0.3, 0.4) is 0 Å².